The SMILES string of the molecule is CCc1ccc(CNCCNC(=O)c2ccco2)cc1.O=C(O)C(=O)O. The first-order valence-corrected chi connectivity index (χ1v) is 8.00. The fourth-order valence-corrected chi connectivity index (χ4v) is 1.88. The molecule has 1 aromatic heterocycles. The number of hydrogen-bond acceptors (Lipinski definition) is 5. The second-order valence-corrected chi connectivity index (χ2v) is 5.19. The maximum atomic E-state index is 11.6. The number of carboxylic acids is 2. The summed E-state index contributed by atoms with van der Waals surface area (Å²) in [5.74, 6) is -3.48. The zero-order valence-electron chi connectivity index (χ0n) is 14.4. The standard InChI is InChI=1S/C16H20N2O2.C2H2O4/c1-2-13-5-7-14(8-6-13)12-17-9-10-18-16(19)15-4-3-11-20-15;3-1(4)2(5)6/h3-8,11,17H,2,9-10,12H2,1H3,(H,18,19);(H,3,4)(H,5,6). The first-order chi connectivity index (χ1) is 12.4. The van der Waals surface area contributed by atoms with Crippen molar-refractivity contribution >= 4 is 17.8 Å². The largest absolute Gasteiger partial charge is 0.473 e. The number of furan rings is 1. The fourth-order valence-electron chi connectivity index (χ4n) is 1.88. The van der Waals surface area contributed by atoms with E-state index in [0.29, 0.717) is 12.3 Å². The molecule has 0 aliphatic carbocycles. The van der Waals surface area contributed by atoms with Crippen molar-refractivity contribution in [3.8, 4) is 0 Å². The highest BCUT2D eigenvalue weighted by Gasteiger charge is 2.06. The zero-order valence-corrected chi connectivity index (χ0v) is 14.4. The van der Waals surface area contributed by atoms with Crippen molar-refractivity contribution in [2.75, 3.05) is 13.1 Å². The number of aryl methyl sites for hydroxylation is 1. The molecule has 0 aliphatic heterocycles. The van der Waals surface area contributed by atoms with Gasteiger partial charge in [0.25, 0.3) is 5.91 Å². The molecule has 8 nitrogen and oxygen atoms in total. The number of carboxylic acid groups (broad SMARTS) is 2. The van der Waals surface area contributed by atoms with E-state index in [9.17, 15) is 4.79 Å². The maximum Gasteiger partial charge on any atom is 0.414 e. The molecule has 140 valence electrons. The number of carbonyl (C=O) groups is 3. The summed E-state index contributed by atoms with van der Waals surface area (Å²) in [6.07, 6.45) is 2.56. The van der Waals surface area contributed by atoms with Crippen molar-refractivity contribution in [2.45, 2.75) is 19.9 Å². The van der Waals surface area contributed by atoms with E-state index in [0.717, 1.165) is 19.5 Å². The molecule has 0 fully saturated rings. The van der Waals surface area contributed by atoms with Gasteiger partial charge in [0, 0.05) is 19.6 Å². The Hall–Kier alpha value is -3.13. The first-order valence-electron chi connectivity index (χ1n) is 8.00. The fraction of sp³-hybridized carbons (Fsp3) is 0.278. The molecule has 0 aliphatic rings. The molecule has 0 bridgehead atoms. The molecule has 0 saturated carbocycles. The van der Waals surface area contributed by atoms with Crippen LogP contribution in [-0.4, -0.2) is 41.1 Å². The molecule has 2 rings (SSSR count). The number of hydrogen-bond donors (Lipinski definition) is 4. The van der Waals surface area contributed by atoms with Crippen LogP contribution in [-0.2, 0) is 22.6 Å². The van der Waals surface area contributed by atoms with Gasteiger partial charge in [0.2, 0.25) is 0 Å². The number of rotatable bonds is 7. The van der Waals surface area contributed by atoms with Crippen molar-refractivity contribution < 1.29 is 29.0 Å². The monoisotopic (exact) mass is 362 g/mol. The minimum atomic E-state index is -1.82. The lowest BCUT2D eigenvalue weighted by atomic mass is 10.1. The molecule has 1 amide bonds. The minimum absolute atomic E-state index is 0.177. The summed E-state index contributed by atoms with van der Waals surface area (Å²) in [6, 6.07) is 11.9. The van der Waals surface area contributed by atoms with Gasteiger partial charge in [-0.25, -0.2) is 9.59 Å². The third-order valence-corrected chi connectivity index (χ3v) is 3.28. The Kier molecular flexibility index (Phi) is 9.19. The van der Waals surface area contributed by atoms with Crippen molar-refractivity contribution in [3.63, 3.8) is 0 Å². The van der Waals surface area contributed by atoms with Gasteiger partial charge in [0.15, 0.2) is 5.76 Å². The van der Waals surface area contributed by atoms with Crippen molar-refractivity contribution in [3.05, 3.63) is 59.5 Å². The molecule has 0 saturated heterocycles. The summed E-state index contributed by atoms with van der Waals surface area (Å²) < 4.78 is 5.01. The molecule has 2 aromatic rings. The Morgan fingerprint density at radius 2 is 1.58 bits per heavy atom. The Labute approximate surface area is 150 Å². The van der Waals surface area contributed by atoms with Gasteiger partial charge >= 0.3 is 11.9 Å². The Morgan fingerprint density at radius 1 is 0.962 bits per heavy atom. The summed E-state index contributed by atoms with van der Waals surface area (Å²) in [5.41, 5.74) is 2.60. The first kappa shape index (κ1) is 20.9. The lowest BCUT2D eigenvalue weighted by Crippen LogP contribution is -2.31. The van der Waals surface area contributed by atoms with Gasteiger partial charge in [-0.2, -0.15) is 0 Å². The van der Waals surface area contributed by atoms with Crippen LogP contribution in [0.25, 0.3) is 0 Å². The molecule has 0 unspecified atom stereocenters. The third-order valence-electron chi connectivity index (χ3n) is 3.28. The average molecular weight is 362 g/mol. The predicted molar refractivity (Wildman–Crippen MR) is 93.8 cm³/mol. The van der Waals surface area contributed by atoms with Crippen LogP contribution in [0, 0.1) is 0 Å². The van der Waals surface area contributed by atoms with E-state index < -0.39 is 11.9 Å². The minimum Gasteiger partial charge on any atom is -0.473 e. The number of benzene rings is 1. The average Bonchev–Trinajstić information content (AvgIpc) is 3.17. The van der Waals surface area contributed by atoms with Crippen LogP contribution in [0.5, 0.6) is 0 Å². The summed E-state index contributed by atoms with van der Waals surface area (Å²) in [5, 5.41) is 20.9. The third kappa shape index (κ3) is 8.11. The van der Waals surface area contributed by atoms with E-state index in [2.05, 4.69) is 41.8 Å². The highest BCUT2D eigenvalue weighted by Crippen LogP contribution is 2.04. The highest BCUT2D eigenvalue weighted by molar-refractivity contribution is 6.27. The van der Waals surface area contributed by atoms with Gasteiger partial charge in [-0.05, 0) is 29.7 Å². The van der Waals surface area contributed by atoms with E-state index in [-0.39, 0.29) is 5.91 Å². The Bertz CT molecular complexity index is 683. The topological polar surface area (TPSA) is 129 Å². The van der Waals surface area contributed by atoms with Crippen LogP contribution in [0.3, 0.4) is 0 Å². The highest BCUT2D eigenvalue weighted by atomic mass is 16.4. The van der Waals surface area contributed by atoms with Crippen LogP contribution in [0.1, 0.15) is 28.6 Å². The molecular weight excluding hydrogens is 340 g/mol. The molecule has 8 heteroatoms. The van der Waals surface area contributed by atoms with Crippen LogP contribution in [0.2, 0.25) is 0 Å². The van der Waals surface area contributed by atoms with Crippen LogP contribution < -0.4 is 10.6 Å². The molecule has 1 heterocycles. The van der Waals surface area contributed by atoms with Gasteiger partial charge in [0.05, 0.1) is 6.26 Å². The summed E-state index contributed by atoms with van der Waals surface area (Å²) in [7, 11) is 0. The van der Waals surface area contributed by atoms with Crippen LogP contribution in [0.4, 0.5) is 0 Å². The molecule has 0 radical (unpaired) electrons. The molecular formula is C18H22N2O6. The van der Waals surface area contributed by atoms with Gasteiger partial charge < -0.3 is 25.3 Å². The second kappa shape index (κ2) is 11.4. The predicted octanol–water partition coefficient (Wildman–Crippen LogP) is 1.52. The second-order valence-electron chi connectivity index (χ2n) is 5.19. The summed E-state index contributed by atoms with van der Waals surface area (Å²) in [6.45, 7) is 4.25. The summed E-state index contributed by atoms with van der Waals surface area (Å²) >= 11 is 0. The maximum absolute atomic E-state index is 11.6. The number of amides is 1. The molecule has 0 atom stereocenters. The van der Waals surface area contributed by atoms with Crippen LogP contribution in [0.15, 0.2) is 47.1 Å². The van der Waals surface area contributed by atoms with E-state index >= 15 is 0 Å². The number of nitrogens with one attached hydrogen (secondary N) is 2. The van der Waals surface area contributed by atoms with E-state index in [1.807, 2.05) is 0 Å². The van der Waals surface area contributed by atoms with Gasteiger partial charge in [0.1, 0.15) is 0 Å². The van der Waals surface area contributed by atoms with Crippen molar-refractivity contribution in [1.29, 1.82) is 0 Å². The quantitative estimate of drug-likeness (QED) is 0.434. The lowest BCUT2D eigenvalue weighted by molar-refractivity contribution is -0.159. The van der Waals surface area contributed by atoms with Crippen molar-refractivity contribution in [2.24, 2.45) is 0 Å². The zero-order chi connectivity index (χ0) is 19.4. The molecule has 4 N–H and O–H groups in total. The van der Waals surface area contributed by atoms with E-state index in [1.54, 1.807) is 12.1 Å². The van der Waals surface area contributed by atoms with E-state index in [4.69, 9.17) is 24.2 Å². The molecule has 0 spiro atoms. The smallest absolute Gasteiger partial charge is 0.414 e. The molecule has 26 heavy (non-hydrogen) atoms. The van der Waals surface area contributed by atoms with E-state index in [1.165, 1.54) is 17.4 Å². The summed E-state index contributed by atoms with van der Waals surface area (Å²) in [4.78, 5) is 29.8. The van der Waals surface area contributed by atoms with Gasteiger partial charge in [-0.15, -0.1) is 0 Å². The van der Waals surface area contributed by atoms with Gasteiger partial charge in [-0.3, -0.25) is 4.79 Å². The van der Waals surface area contributed by atoms with Gasteiger partial charge in [-0.1, -0.05) is 31.2 Å². The number of aliphatic carboxylic acids is 2. The lowest BCUT2D eigenvalue weighted by Gasteiger charge is -2.06. The Balaban J connectivity index is 0.000000487. The normalized spacial score (nSPS) is 9.73. The molecule has 1 aromatic carbocycles. The van der Waals surface area contributed by atoms with Crippen molar-refractivity contribution in [1.82, 2.24) is 10.6 Å². The number of carbonyl (C=O) groups excluding carboxylic acids is 1. The van der Waals surface area contributed by atoms with Crippen LogP contribution >= 0.6 is 0 Å². The Morgan fingerprint density at radius 3 is 2.08 bits per heavy atom.